The molecule has 1 radical (unpaired) electrons. The molecule has 41 heavy (non-hydrogen) atoms. The monoisotopic (exact) mass is 834 g/mol. The predicted molar refractivity (Wildman–Crippen MR) is 180 cm³/mol. The van der Waals surface area contributed by atoms with Crippen molar-refractivity contribution in [3.8, 4) is 0 Å². The van der Waals surface area contributed by atoms with Crippen LogP contribution in [0.1, 0.15) is 51.5 Å². The van der Waals surface area contributed by atoms with Gasteiger partial charge in [0, 0.05) is 44.3 Å². The number of fused-ring (bicyclic) bond motifs is 2. The Balaban J connectivity index is 0.000000745. The molecule has 1 heterocycles. The normalized spacial score (nSPS) is 15.0. The molecule has 2 amide bonds. The zero-order valence-corrected chi connectivity index (χ0v) is 31.8. The van der Waals surface area contributed by atoms with Gasteiger partial charge in [0.05, 0.1) is 9.79 Å². The minimum absolute atomic E-state index is 0.166. The van der Waals surface area contributed by atoms with E-state index in [9.17, 15) is 14.4 Å². The van der Waals surface area contributed by atoms with Gasteiger partial charge in [-0.15, -0.1) is 0 Å². The topological polar surface area (TPSA) is 96.7 Å². The number of anilines is 2. The fourth-order valence-electron chi connectivity index (χ4n) is 3.99. The molecule has 7 nitrogen and oxygen atoms in total. The summed E-state index contributed by atoms with van der Waals surface area (Å²) in [7, 11) is 21.4. The van der Waals surface area contributed by atoms with Crippen LogP contribution in [0.25, 0.3) is 0 Å². The van der Waals surface area contributed by atoms with Crippen molar-refractivity contribution in [3.63, 3.8) is 0 Å². The molecule has 233 valence electrons. The SMILES string of the molecule is CCCCCC[N+]1c2ccccc2Sc2cc(CNC(=O)NCCC[Si](O)(O)OCC)ccc21.[Cl][Sb-]([Cl])([Cl])([Cl])([Cl])[Cl]. The number of hydrogen-bond donors (Lipinski definition) is 4. The maximum atomic E-state index is 12.2. The van der Waals surface area contributed by atoms with Gasteiger partial charge in [-0.05, 0) is 37.5 Å². The van der Waals surface area contributed by atoms with Gasteiger partial charge in [-0.2, -0.15) is 0 Å². The number of nitrogens with zero attached hydrogens (tertiary/aromatic N) is 1. The van der Waals surface area contributed by atoms with Crippen molar-refractivity contribution in [1.29, 1.82) is 0 Å². The number of benzene rings is 2. The summed E-state index contributed by atoms with van der Waals surface area (Å²) in [6.07, 6.45) is 5.34. The molecule has 0 unspecified atom stereocenters. The quantitative estimate of drug-likeness (QED) is 0.0920. The molecule has 0 fully saturated rings. The van der Waals surface area contributed by atoms with Crippen molar-refractivity contribution in [1.82, 2.24) is 15.5 Å². The summed E-state index contributed by atoms with van der Waals surface area (Å²) in [5.41, 5.74) is 3.53. The van der Waals surface area contributed by atoms with Crippen molar-refractivity contribution in [2.24, 2.45) is 0 Å². The number of para-hydroxylation sites is 1. The van der Waals surface area contributed by atoms with Crippen molar-refractivity contribution in [2.45, 2.75) is 68.3 Å². The van der Waals surface area contributed by atoms with Crippen LogP contribution in [0.3, 0.4) is 0 Å². The van der Waals surface area contributed by atoms with Gasteiger partial charge in [-0.25, -0.2) is 4.79 Å². The van der Waals surface area contributed by atoms with Crippen molar-refractivity contribution < 1.29 is 18.8 Å². The molecule has 0 bridgehead atoms. The zero-order chi connectivity index (χ0) is 30.8. The fraction of sp³-hybridized carbons (Fsp3) is 0.480. The Labute approximate surface area is 268 Å². The molecule has 0 saturated carbocycles. The van der Waals surface area contributed by atoms with Crippen LogP contribution >= 0.6 is 64.7 Å². The zero-order valence-electron chi connectivity index (χ0n) is 22.9. The molecule has 4 N–H and O–H groups in total. The minimum atomic E-state index is -5.42. The van der Waals surface area contributed by atoms with E-state index >= 15 is 0 Å². The predicted octanol–water partition coefficient (Wildman–Crippen LogP) is 8.74. The van der Waals surface area contributed by atoms with Gasteiger partial charge < -0.3 is 24.7 Å². The van der Waals surface area contributed by atoms with E-state index in [2.05, 4.69) is 64.9 Å². The van der Waals surface area contributed by atoms with E-state index in [4.69, 9.17) is 57.4 Å². The molecule has 0 aromatic heterocycles. The standard InChI is InChI=1S/C25H37N3O4SSi.6ClH.Sb/c1-3-5-6-9-16-28-21-11-7-8-12-23(21)33-24-18-20(13-14-22(24)28)19-27-25(29)26-15-10-17-34(30,31)32-4-2;;;;;;;/h7-8,11-14,18,30-31H,3-6,9-10,15-17,19H2,1-2H3,(H2,26,27,29);6*1H;/q+1;;;;;;;+5/p-6. The second-order valence-electron chi connectivity index (χ2n) is 9.43. The molecular weight excluding hydrogens is 801 g/mol. The Bertz CT molecular complexity index is 1150. The van der Waals surface area contributed by atoms with E-state index in [1.54, 1.807) is 18.7 Å². The number of urea groups is 1. The van der Waals surface area contributed by atoms with Crippen molar-refractivity contribution in [2.75, 3.05) is 19.7 Å². The first-order valence-corrected chi connectivity index (χ1v) is 35.4. The molecule has 0 aliphatic carbocycles. The molecule has 0 saturated heterocycles. The van der Waals surface area contributed by atoms with Gasteiger partial charge in [-0.1, -0.05) is 54.6 Å². The number of amides is 2. The van der Waals surface area contributed by atoms with Gasteiger partial charge in [0.1, 0.15) is 6.54 Å². The van der Waals surface area contributed by atoms with E-state index < -0.39 is 17.9 Å². The third-order valence-electron chi connectivity index (χ3n) is 5.72. The van der Waals surface area contributed by atoms with Gasteiger partial charge >= 0.3 is 77.0 Å². The Morgan fingerprint density at radius 1 is 0.927 bits per heavy atom. The number of nitrogens with one attached hydrogen (secondary N) is 2. The number of hydrogen-bond acceptors (Lipinski definition) is 6. The van der Waals surface area contributed by atoms with Crippen LogP contribution in [-0.4, -0.2) is 53.3 Å². The molecule has 3 rings (SSSR count). The summed E-state index contributed by atoms with van der Waals surface area (Å²) in [4.78, 5) is 36.5. The van der Waals surface area contributed by atoms with Gasteiger partial charge in [0.25, 0.3) is 0 Å². The first kappa shape index (κ1) is 37.9. The first-order chi connectivity index (χ1) is 18.9. The number of carbonyl (C=O) groups excluding carboxylic acids is 1. The summed E-state index contributed by atoms with van der Waals surface area (Å²) in [6, 6.07) is 14.8. The van der Waals surface area contributed by atoms with Crippen LogP contribution < -0.4 is 15.5 Å². The second kappa shape index (κ2) is 15.8. The summed E-state index contributed by atoms with van der Waals surface area (Å²) in [5, 5.41) is 5.65. The molecule has 0 atom stereocenters. The van der Waals surface area contributed by atoms with E-state index in [0.29, 0.717) is 19.5 Å². The van der Waals surface area contributed by atoms with E-state index in [1.165, 1.54) is 40.4 Å². The van der Waals surface area contributed by atoms with Crippen molar-refractivity contribution in [3.05, 3.63) is 48.0 Å². The average Bonchev–Trinajstić information content (AvgIpc) is 2.85. The van der Waals surface area contributed by atoms with Gasteiger partial charge in [-0.3, -0.25) is 0 Å². The summed E-state index contributed by atoms with van der Waals surface area (Å²) in [6.45, 7) is 6.02. The number of unbranched alkanes of at least 4 members (excludes halogenated alkanes) is 3. The molecule has 1 aliphatic rings. The Hall–Kier alpha value is 0.675. The van der Waals surface area contributed by atoms with Crippen LogP contribution in [0.4, 0.5) is 16.2 Å². The molecule has 1 aliphatic heterocycles. The van der Waals surface area contributed by atoms with Crippen LogP contribution in [0.2, 0.25) is 6.04 Å². The average molecular weight is 838 g/mol. The maximum absolute atomic E-state index is 12.2. The Morgan fingerprint density at radius 3 is 2.24 bits per heavy atom. The van der Waals surface area contributed by atoms with E-state index in [1.807, 2.05) is 0 Å². The molecule has 2 aromatic carbocycles. The fourth-order valence-corrected chi connectivity index (χ4v) is 6.40. The summed E-state index contributed by atoms with van der Waals surface area (Å²) in [5.74, 6) is 0. The van der Waals surface area contributed by atoms with Crippen LogP contribution in [0, 0.1) is 0 Å². The van der Waals surface area contributed by atoms with Crippen LogP contribution in [-0.2, 0) is 11.0 Å². The third kappa shape index (κ3) is 17.1. The number of rotatable bonds is 13. The van der Waals surface area contributed by atoms with E-state index in [-0.39, 0.29) is 18.7 Å². The molecule has 16 heteroatoms. The summed E-state index contributed by atoms with van der Waals surface area (Å²) < 4.78 is 4.97. The van der Waals surface area contributed by atoms with Crippen molar-refractivity contribution >= 4 is 100 Å². The number of carbonyl (C=O) groups is 1. The van der Waals surface area contributed by atoms with Crippen LogP contribution in [0.15, 0.2) is 52.3 Å². The van der Waals surface area contributed by atoms with Crippen LogP contribution in [0.5, 0.6) is 0 Å². The number of halogens is 6. The summed E-state index contributed by atoms with van der Waals surface area (Å²) >= 11 is 1.78. The third-order valence-corrected chi connectivity index (χ3v) is 8.59. The second-order valence-corrected chi connectivity index (χ2v) is 69.7. The first-order valence-electron chi connectivity index (χ1n) is 13.2. The Kier molecular flexibility index (Phi) is 14.6. The van der Waals surface area contributed by atoms with E-state index in [0.717, 1.165) is 18.5 Å². The van der Waals surface area contributed by atoms with Gasteiger partial charge in [0.2, 0.25) is 11.4 Å². The Morgan fingerprint density at radius 2 is 1.59 bits per heavy atom. The van der Waals surface area contributed by atoms with Gasteiger partial charge in [0.15, 0.2) is 0 Å². The molecule has 0 spiro atoms. The molecular formula is C25H37Cl6N3O4SSbSi. The molecule has 2 aromatic rings.